The molecule has 9 nitrogen and oxygen atoms in total. The molecule has 0 bridgehead atoms. The lowest BCUT2D eigenvalue weighted by atomic mass is 10.1. The first-order valence-electron chi connectivity index (χ1n) is 9.13. The maximum absolute atomic E-state index is 11.7. The van der Waals surface area contributed by atoms with Gasteiger partial charge >= 0.3 is 17.9 Å². The molecule has 1 saturated heterocycles. The van der Waals surface area contributed by atoms with Crippen LogP contribution in [0.1, 0.15) is 20.8 Å². The number of nitrogens with zero attached hydrogens (tertiary/aromatic N) is 1. The highest BCUT2D eigenvalue weighted by atomic mass is 32.2. The van der Waals surface area contributed by atoms with Crippen LogP contribution in [-0.2, 0) is 28.6 Å². The zero-order chi connectivity index (χ0) is 21.7. The first-order valence-corrected chi connectivity index (χ1v) is 10.2. The molecule has 1 fully saturated rings. The Hall–Kier alpha value is -3.01. The number of aromatic nitrogens is 1. The first-order chi connectivity index (χ1) is 14.3. The molecule has 0 aliphatic carbocycles. The molecule has 2 aromatic rings. The van der Waals surface area contributed by atoms with Gasteiger partial charge in [-0.1, -0.05) is 0 Å². The minimum atomic E-state index is -1.00. The fraction of sp³-hybridized carbons (Fsp3) is 0.400. The molecule has 160 valence electrons. The number of furan rings is 1. The third kappa shape index (κ3) is 5.53. The summed E-state index contributed by atoms with van der Waals surface area (Å²) in [5.41, 5.74) is -0.0748. The molecule has 3 rings (SSSR count). The first kappa shape index (κ1) is 21.7. The molecule has 30 heavy (non-hydrogen) atoms. The van der Waals surface area contributed by atoms with Gasteiger partial charge in [-0.15, -0.1) is 11.8 Å². The molecule has 0 spiro atoms. The van der Waals surface area contributed by atoms with Gasteiger partial charge in [-0.05, 0) is 24.3 Å². The van der Waals surface area contributed by atoms with Gasteiger partial charge in [0.25, 0.3) is 0 Å². The summed E-state index contributed by atoms with van der Waals surface area (Å²) in [4.78, 5) is 39.1. The third-order valence-electron chi connectivity index (χ3n) is 4.07. The number of carbonyl (C=O) groups is 3. The Morgan fingerprint density at radius 2 is 1.70 bits per heavy atom. The van der Waals surface area contributed by atoms with Crippen molar-refractivity contribution >= 4 is 29.7 Å². The average Bonchev–Trinajstić information content (AvgIpc) is 3.20. The molecule has 0 N–H and O–H groups in total. The van der Waals surface area contributed by atoms with Crippen LogP contribution in [0.2, 0.25) is 0 Å². The van der Waals surface area contributed by atoms with Crippen LogP contribution in [0.15, 0.2) is 41.1 Å². The van der Waals surface area contributed by atoms with Gasteiger partial charge in [0.2, 0.25) is 0 Å². The molecular weight excluding hydrogens is 414 g/mol. The standard InChI is InChI=1S/C20H21NO8S/c1-11(22)26-17-10-30-20(19(28-13(3)24)18(17)27-12(2)23)29-14-6-7-15(21-9-14)16-5-4-8-25-16/h4-9,17-20H,10H2,1-3H3/t17-,18+,19-,20+/m1/s1. The van der Waals surface area contributed by atoms with Crippen LogP contribution >= 0.6 is 11.8 Å². The van der Waals surface area contributed by atoms with E-state index in [2.05, 4.69) is 4.98 Å². The highest BCUT2D eigenvalue weighted by Crippen LogP contribution is 2.34. The third-order valence-corrected chi connectivity index (χ3v) is 5.28. The Bertz CT molecular complexity index is 883. The van der Waals surface area contributed by atoms with Gasteiger partial charge in [-0.2, -0.15) is 0 Å². The van der Waals surface area contributed by atoms with E-state index in [-0.39, 0.29) is 5.75 Å². The summed E-state index contributed by atoms with van der Waals surface area (Å²) in [7, 11) is 0. The maximum Gasteiger partial charge on any atom is 0.303 e. The minimum absolute atomic E-state index is 0.290. The molecule has 0 radical (unpaired) electrons. The zero-order valence-corrected chi connectivity index (χ0v) is 17.4. The van der Waals surface area contributed by atoms with E-state index >= 15 is 0 Å². The highest BCUT2D eigenvalue weighted by molar-refractivity contribution is 7.99. The summed E-state index contributed by atoms with van der Waals surface area (Å²) >= 11 is 1.28. The van der Waals surface area contributed by atoms with Crippen molar-refractivity contribution < 1.29 is 37.7 Å². The molecule has 0 saturated carbocycles. The second kappa shape index (κ2) is 9.66. The number of thioether (sulfide) groups is 1. The number of ether oxygens (including phenoxy) is 4. The number of hydrogen-bond donors (Lipinski definition) is 0. The lowest BCUT2D eigenvalue weighted by Gasteiger charge is -2.39. The SMILES string of the molecule is CC(=O)O[C@@H]1[C@@H](OC(C)=O)[C@@H](Oc2ccc(-c3ccco3)nc2)SC[C@H]1OC(C)=O. The van der Waals surface area contributed by atoms with Gasteiger partial charge in [0.1, 0.15) is 11.4 Å². The topological polar surface area (TPSA) is 114 Å². The van der Waals surface area contributed by atoms with Gasteiger partial charge in [-0.3, -0.25) is 14.4 Å². The quantitative estimate of drug-likeness (QED) is 0.495. The number of esters is 3. The molecule has 1 aliphatic rings. The Labute approximate surface area is 177 Å². The number of pyridine rings is 1. The van der Waals surface area contributed by atoms with Crippen molar-refractivity contribution in [2.24, 2.45) is 0 Å². The van der Waals surface area contributed by atoms with Crippen LogP contribution < -0.4 is 4.74 Å². The van der Waals surface area contributed by atoms with Gasteiger partial charge in [0.05, 0.1) is 12.5 Å². The fourth-order valence-electron chi connectivity index (χ4n) is 2.96. The molecule has 0 amide bonds. The van der Waals surface area contributed by atoms with Crippen LogP contribution in [-0.4, -0.2) is 52.4 Å². The van der Waals surface area contributed by atoms with Crippen LogP contribution in [0.4, 0.5) is 0 Å². The molecule has 0 aromatic carbocycles. The van der Waals surface area contributed by atoms with Crippen molar-refractivity contribution in [1.29, 1.82) is 0 Å². The van der Waals surface area contributed by atoms with Crippen molar-refractivity contribution in [3.05, 3.63) is 36.7 Å². The zero-order valence-electron chi connectivity index (χ0n) is 16.6. The molecule has 1 aliphatic heterocycles. The van der Waals surface area contributed by atoms with E-state index in [4.69, 9.17) is 23.4 Å². The maximum atomic E-state index is 11.7. The number of carbonyl (C=O) groups excluding carboxylic acids is 3. The van der Waals surface area contributed by atoms with E-state index in [1.54, 1.807) is 30.5 Å². The van der Waals surface area contributed by atoms with Crippen molar-refractivity contribution in [2.75, 3.05) is 5.75 Å². The van der Waals surface area contributed by atoms with E-state index in [1.807, 2.05) is 0 Å². The summed E-state index contributed by atoms with van der Waals surface area (Å²) in [5.74, 6) is -0.377. The van der Waals surface area contributed by atoms with Gasteiger partial charge in [0.15, 0.2) is 29.5 Å². The van der Waals surface area contributed by atoms with E-state index < -0.39 is 41.7 Å². The minimum Gasteiger partial charge on any atom is -0.474 e. The van der Waals surface area contributed by atoms with Gasteiger partial charge in [0, 0.05) is 26.5 Å². The lowest BCUT2D eigenvalue weighted by Crippen LogP contribution is -2.55. The number of hydrogen-bond acceptors (Lipinski definition) is 10. The van der Waals surface area contributed by atoms with Crippen LogP contribution in [0, 0.1) is 0 Å². The predicted octanol–water partition coefficient (Wildman–Crippen LogP) is 2.59. The monoisotopic (exact) mass is 435 g/mol. The highest BCUT2D eigenvalue weighted by Gasteiger charge is 2.47. The largest absolute Gasteiger partial charge is 0.474 e. The summed E-state index contributed by atoms with van der Waals surface area (Å²) in [5, 5.41) is 0. The van der Waals surface area contributed by atoms with E-state index in [1.165, 1.54) is 38.7 Å². The summed E-state index contributed by atoms with van der Waals surface area (Å²) in [6, 6.07) is 6.98. The van der Waals surface area contributed by atoms with Crippen molar-refractivity contribution in [1.82, 2.24) is 4.98 Å². The Balaban J connectivity index is 1.80. The van der Waals surface area contributed by atoms with Crippen molar-refractivity contribution in [3.63, 3.8) is 0 Å². The molecule has 3 heterocycles. The van der Waals surface area contributed by atoms with Gasteiger partial charge < -0.3 is 23.4 Å². The van der Waals surface area contributed by atoms with E-state index in [0.717, 1.165) is 0 Å². The van der Waals surface area contributed by atoms with Crippen LogP contribution in [0.25, 0.3) is 11.5 Å². The molecule has 0 unspecified atom stereocenters. The number of rotatable bonds is 6. The molecule has 10 heteroatoms. The van der Waals surface area contributed by atoms with Crippen LogP contribution in [0.5, 0.6) is 5.75 Å². The lowest BCUT2D eigenvalue weighted by molar-refractivity contribution is -0.186. The summed E-state index contributed by atoms with van der Waals surface area (Å²) in [6.07, 6.45) is 0.303. The smallest absolute Gasteiger partial charge is 0.303 e. The molecule has 4 atom stereocenters. The van der Waals surface area contributed by atoms with Crippen molar-refractivity contribution in [2.45, 2.75) is 44.5 Å². The predicted molar refractivity (Wildman–Crippen MR) is 105 cm³/mol. The second-order valence-corrected chi connectivity index (χ2v) is 7.60. The normalized spacial score (nSPS) is 23.3. The fourth-order valence-corrected chi connectivity index (χ4v) is 4.18. The summed E-state index contributed by atoms with van der Waals surface area (Å²) in [6.45, 7) is 3.72. The van der Waals surface area contributed by atoms with Crippen molar-refractivity contribution in [3.8, 4) is 17.2 Å². The molecular formula is C20H21NO8S. The Morgan fingerprint density at radius 1 is 1.00 bits per heavy atom. The molecule has 2 aromatic heterocycles. The second-order valence-electron chi connectivity index (χ2n) is 6.47. The van der Waals surface area contributed by atoms with Crippen LogP contribution in [0.3, 0.4) is 0 Å². The summed E-state index contributed by atoms with van der Waals surface area (Å²) < 4.78 is 27.3. The van der Waals surface area contributed by atoms with E-state index in [0.29, 0.717) is 17.2 Å². The Kier molecular flexibility index (Phi) is 6.99. The average molecular weight is 435 g/mol. The Morgan fingerprint density at radius 3 is 2.27 bits per heavy atom. The van der Waals surface area contributed by atoms with Gasteiger partial charge in [-0.25, -0.2) is 4.98 Å². The van der Waals surface area contributed by atoms with E-state index in [9.17, 15) is 14.4 Å².